The van der Waals surface area contributed by atoms with E-state index >= 15 is 0 Å². The molecule has 1 aromatic carbocycles. The molecule has 1 amide bonds. The minimum Gasteiger partial charge on any atom is -0.451 e. The molecule has 2 aliphatic rings. The molecule has 4 heteroatoms. The molecule has 0 radical (unpaired) electrons. The Morgan fingerprint density at radius 2 is 1.80 bits per heavy atom. The van der Waals surface area contributed by atoms with Gasteiger partial charge in [-0.05, 0) is 62.1 Å². The van der Waals surface area contributed by atoms with Crippen molar-refractivity contribution in [1.29, 1.82) is 0 Å². The normalized spacial score (nSPS) is 26.3. The van der Waals surface area contributed by atoms with Gasteiger partial charge in [0.2, 0.25) is 0 Å². The smallest absolute Gasteiger partial charge is 0.335 e. The van der Waals surface area contributed by atoms with E-state index in [4.69, 9.17) is 4.74 Å². The van der Waals surface area contributed by atoms with Crippen molar-refractivity contribution in [2.75, 3.05) is 5.32 Å². The molecule has 1 heterocycles. The number of ether oxygens (including phenoxy) is 1. The number of carbonyl (C=O) groups is 2. The highest BCUT2D eigenvalue weighted by Crippen LogP contribution is 2.45. The zero-order valence-corrected chi connectivity index (χ0v) is 15.5. The fraction of sp³-hybridized carbons (Fsp3) is 0.524. The molecule has 25 heavy (non-hydrogen) atoms. The Morgan fingerprint density at radius 1 is 1.20 bits per heavy atom. The second-order valence-electron chi connectivity index (χ2n) is 7.80. The number of hydrogen-bond donors (Lipinski definition) is 1. The van der Waals surface area contributed by atoms with Gasteiger partial charge in [0, 0.05) is 11.3 Å². The summed E-state index contributed by atoms with van der Waals surface area (Å²) < 4.78 is 5.70. The predicted octanol–water partition coefficient (Wildman–Crippen LogP) is 4.57. The van der Waals surface area contributed by atoms with Gasteiger partial charge in [0.15, 0.2) is 0 Å². The number of carbonyl (C=O) groups excluding carboxylic acids is 2. The van der Waals surface area contributed by atoms with Crippen LogP contribution in [0, 0.1) is 5.92 Å². The summed E-state index contributed by atoms with van der Waals surface area (Å²) in [6.07, 6.45) is 3.40. The molecule has 1 N–H and O–H groups in total. The molecule has 0 atom stereocenters. The van der Waals surface area contributed by atoms with Crippen LogP contribution in [0.1, 0.15) is 64.9 Å². The van der Waals surface area contributed by atoms with E-state index in [0.717, 1.165) is 31.4 Å². The van der Waals surface area contributed by atoms with Crippen LogP contribution in [-0.2, 0) is 14.3 Å². The molecule has 1 saturated carbocycles. The molecular formula is C21H27NO3. The van der Waals surface area contributed by atoms with Gasteiger partial charge in [0.1, 0.15) is 5.60 Å². The Balaban J connectivity index is 1.82. The molecule has 1 aliphatic heterocycles. The average molecular weight is 341 g/mol. The highest BCUT2D eigenvalue weighted by molar-refractivity contribution is 6.12. The third kappa shape index (κ3) is 3.35. The van der Waals surface area contributed by atoms with Crippen LogP contribution in [0.5, 0.6) is 0 Å². The van der Waals surface area contributed by atoms with Crippen LogP contribution in [0.2, 0.25) is 0 Å². The first-order chi connectivity index (χ1) is 11.8. The quantitative estimate of drug-likeness (QED) is 0.819. The largest absolute Gasteiger partial charge is 0.451 e. The van der Waals surface area contributed by atoms with Crippen molar-refractivity contribution in [2.24, 2.45) is 5.92 Å². The van der Waals surface area contributed by atoms with E-state index in [2.05, 4.69) is 26.1 Å². The summed E-state index contributed by atoms with van der Waals surface area (Å²) >= 11 is 0. The second-order valence-corrected chi connectivity index (χ2v) is 7.80. The van der Waals surface area contributed by atoms with Crippen molar-refractivity contribution in [3.8, 4) is 0 Å². The first kappa shape index (κ1) is 17.7. The highest BCUT2D eigenvalue weighted by Gasteiger charge is 2.50. The maximum atomic E-state index is 12.9. The topological polar surface area (TPSA) is 55.4 Å². The van der Waals surface area contributed by atoms with Crippen LogP contribution in [0.25, 0.3) is 0 Å². The minimum absolute atomic E-state index is 0.213. The lowest BCUT2D eigenvalue weighted by atomic mass is 9.75. The summed E-state index contributed by atoms with van der Waals surface area (Å²) in [6.45, 7) is 8.18. The Hall–Kier alpha value is -2.10. The fourth-order valence-electron chi connectivity index (χ4n) is 3.85. The first-order valence-electron chi connectivity index (χ1n) is 9.18. The third-order valence-electron chi connectivity index (χ3n) is 5.57. The molecule has 1 spiro atoms. The van der Waals surface area contributed by atoms with E-state index in [1.54, 1.807) is 6.92 Å². The molecule has 1 aromatic rings. The molecule has 1 aliphatic carbocycles. The summed E-state index contributed by atoms with van der Waals surface area (Å²) in [4.78, 5) is 25.1. The Morgan fingerprint density at radius 3 is 2.36 bits per heavy atom. The lowest BCUT2D eigenvalue weighted by Gasteiger charge is -2.36. The highest BCUT2D eigenvalue weighted by atomic mass is 16.6. The number of esters is 1. The summed E-state index contributed by atoms with van der Waals surface area (Å²) in [5, 5.41) is 2.95. The lowest BCUT2D eigenvalue weighted by Crippen LogP contribution is -2.40. The molecule has 4 nitrogen and oxygen atoms in total. The Bertz CT molecular complexity index is 707. The average Bonchev–Trinajstić information content (AvgIpc) is 2.82. The number of benzene rings is 1. The lowest BCUT2D eigenvalue weighted by molar-refractivity contribution is -0.150. The van der Waals surface area contributed by atoms with Gasteiger partial charge in [-0.15, -0.1) is 0 Å². The first-order valence-corrected chi connectivity index (χ1v) is 9.18. The number of rotatable bonds is 3. The van der Waals surface area contributed by atoms with Crippen LogP contribution in [0.4, 0.5) is 5.69 Å². The molecular weight excluding hydrogens is 314 g/mol. The van der Waals surface area contributed by atoms with Crippen molar-refractivity contribution < 1.29 is 14.3 Å². The zero-order valence-electron chi connectivity index (χ0n) is 15.5. The van der Waals surface area contributed by atoms with Gasteiger partial charge >= 0.3 is 5.97 Å². The molecule has 0 unspecified atom stereocenters. The van der Waals surface area contributed by atoms with E-state index in [-0.39, 0.29) is 11.9 Å². The molecule has 3 rings (SSSR count). The van der Waals surface area contributed by atoms with Crippen LogP contribution in [0.15, 0.2) is 35.4 Å². The zero-order chi connectivity index (χ0) is 18.2. The number of anilines is 1. The van der Waals surface area contributed by atoms with E-state index in [1.165, 1.54) is 5.56 Å². The summed E-state index contributed by atoms with van der Waals surface area (Å²) in [5.74, 6) is 0.492. The SMILES string of the molecule is CC1=C(C(=O)Nc2ccc(C(C)C)cc2)C2(CCC(C)CC2)OC1=O. The van der Waals surface area contributed by atoms with Crippen molar-refractivity contribution in [3.63, 3.8) is 0 Å². The van der Waals surface area contributed by atoms with E-state index in [0.29, 0.717) is 23.0 Å². The minimum atomic E-state index is -0.727. The third-order valence-corrected chi connectivity index (χ3v) is 5.57. The molecule has 0 bridgehead atoms. The van der Waals surface area contributed by atoms with E-state index in [9.17, 15) is 9.59 Å². The summed E-state index contributed by atoms with van der Waals surface area (Å²) in [6, 6.07) is 7.87. The van der Waals surface area contributed by atoms with E-state index in [1.807, 2.05) is 24.3 Å². The van der Waals surface area contributed by atoms with Gasteiger partial charge in [-0.3, -0.25) is 4.79 Å². The van der Waals surface area contributed by atoms with Crippen LogP contribution >= 0.6 is 0 Å². The van der Waals surface area contributed by atoms with Gasteiger partial charge in [-0.1, -0.05) is 32.9 Å². The number of hydrogen-bond acceptors (Lipinski definition) is 3. The monoisotopic (exact) mass is 341 g/mol. The van der Waals surface area contributed by atoms with Crippen molar-refractivity contribution in [2.45, 2.75) is 64.9 Å². The van der Waals surface area contributed by atoms with Crippen LogP contribution < -0.4 is 5.32 Å². The predicted molar refractivity (Wildman–Crippen MR) is 98.3 cm³/mol. The van der Waals surface area contributed by atoms with Crippen LogP contribution in [0.3, 0.4) is 0 Å². The van der Waals surface area contributed by atoms with E-state index < -0.39 is 5.60 Å². The van der Waals surface area contributed by atoms with Crippen molar-refractivity contribution in [1.82, 2.24) is 0 Å². The van der Waals surface area contributed by atoms with Gasteiger partial charge in [0.05, 0.1) is 5.57 Å². The number of nitrogens with one attached hydrogen (secondary N) is 1. The van der Waals surface area contributed by atoms with Crippen LogP contribution in [-0.4, -0.2) is 17.5 Å². The van der Waals surface area contributed by atoms with Gasteiger partial charge < -0.3 is 10.1 Å². The summed E-state index contributed by atoms with van der Waals surface area (Å²) in [7, 11) is 0. The summed E-state index contributed by atoms with van der Waals surface area (Å²) in [5.41, 5.74) is 2.22. The van der Waals surface area contributed by atoms with Crippen molar-refractivity contribution >= 4 is 17.6 Å². The number of amides is 1. The van der Waals surface area contributed by atoms with Gasteiger partial charge in [-0.2, -0.15) is 0 Å². The van der Waals surface area contributed by atoms with Crippen molar-refractivity contribution in [3.05, 3.63) is 41.0 Å². The Kier molecular flexibility index (Phi) is 4.72. The molecule has 0 saturated heterocycles. The maximum absolute atomic E-state index is 12.9. The molecule has 0 aromatic heterocycles. The van der Waals surface area contributed by atoms with Gasteiger partial charge in [-0.25, -0.2) is 4.79 Å². The molecule has 1 fully saturated rings. The second kappa shape index (κ2) is 6.66. The van der Waals surface area contributed by atoms with Gasteiger partial charge in [0.25, 0.3) is 5.91 Å². The fourth-order valence-corrected chi connectivity index (χ4v) is 3.85. The maximum Gasteiger partial charge on any atom is 0.335 e. The standard InChI is InChI=1S/C21H27NO3/c1-13(2)16-5-7-17(8-6-16)22-19(23)18-15(4)20(24)25-21(18)11-9-14(3)10-12-21/h5-8,13-14H,9-12H2,1-4H3,(H,22,23). The Labute approximate surface area is 149 Å². The molecule has 134 valence electrons.